The van der Waals surface area contributed by atoms with Crippen molar-refractivity contribution in [1.82, 2.24) is 10.2 Å². The van der Waals surface area contributed by atoms with Crippen molar-refractivity contribution >= 4 is 18.0 Å². The van der Waals surface area contributed by atoms with Crippen LogP contribution in [0.2, 0.25) is 0 Å². The molecule has 0 aliphatic heterocycles. The van der Waals surface area contributed by atoms with Crippen LogP contribution in [0.25, 0.3) is 11.1 Å². The molecule has 0 unspecified atom stereocenters. The van der Waals surface area contributed by atoms with Crippen LogP contribution in [0.3, 0.4) is 0 Å². The molecule has 7 nitrogen and oxygen atoms in total. The molecule has 33 heavy (non-hydrogen) atoms. The third-order valence-corrected chi connectivity index (χ3v) is 6.83. The third-order valence-electron chi connectivity index (χ3n) is 6.83. The lowest BCUT2D eigenvalue weighted by Gasteiger charge is -2.32. The van der Waals surface area contributed by atoms with Crippen LogP contribution in [0.5, 0.6) is 0 Å². The molecule has 0 radical (unpaired) electrons. The fraction of sp³-hybridized carbons (Fsp3) is 0.423. The number of fused-ring (bicyclic) bond motifs is 3. The zero-order valence-electron chi connectivity index (χ0n) is 18.8. The van der Waals surface area contributed by atoms with Crippen molar-refractivity contribution in [1.29, 1.82) is 0 Å². The first-order valence-corrected chi connectivity index (χ1v) is 11.6. The zero-order valence-corrected chi connectivity index (χ0v) is 18.8. The minimum Gasteiger partial charge on any atom is -0.480 e. The highest BCUT2D eigenvalue weighted by molar-refractivity contribution is 5.87. The van der Waals surface area contributed by atoms with Gasteiger partial charge in [0, 0.05) is 19.0 Å². The summed E-state index contributed by atoms with van der Waals surface area (Å²) in [6.45, 7) is 0.0854. The molecule has 0 bridgehead atoms. The number of aliphatic carboxylic acids is 1. The Kier molecular flexibility index (Phi) is 6.96. The summed E-state index contributed by atoms with van der Waals surface area (Å²) in [5, 5.41) is 11.9. The number of carboxylic acids is 1. The van der Waals surface area contributed by atoms with Crippen LogP contribution in [-0.2, 0) is 14.3 Å². The summed E-state index contributed by atoms with van der Waals surface area (Å²) >= 11 is 0. The molecule has 1 saturated carbocycles. The lowest BCUT2D eigenvalue weighted by molar-refractivity contribution is -0.143. The molecule has 4 rings (SSSR count). The van der Waals surface area contributed by atoms with E-state index in [-0.39, 0.29) is 30.9 Å². The summed E-state index contributed by atoms with van der Waals surface area (Å²) in [5.41, 5.74) is 4.37. The molecule has 0 spiro atoms. The highest BCUT2D eigenvalue weighted by atomic mass is 16.5. The number of alkyl carbamates (subject to hydrolysis) is 1. The highest BCUT2D eigenvalue weighted by Crippen LogP contribution is 2.44. The van der Waals surface area contributed by atoms with E-state index in [0.717, 1.165) is 47.9 Å². The van der Waals surface area contributed by atoms with E-state index in [9.17, 15) is 19.5 Å². The highest BCUT2D eigenvalue weighted by Gasteiger charge is 2.31. The van der Waals surface area contributed by atoms with Crippen LogP contribution in [0.15, 0.2) is 48.5 Å². The molecule has 1 fully saturated rings. The van der Waals surface area contributed by atoms with Crippen molar-refractivity contribution in [3.63, 3.8) is 0 Å². The van der Waals surface area contributed by atoms with Gasteiger partial charge in [-0.15, -0.1) is 0 Å². The fourth-order valence-electron chi connectivity index (χ4n) is 4.97. The number of nitrogens with one attached hydrogen (secondary N) is 1. The van der Waals surface area contributed by atoms with Gasteiger partial charge in [0.25, 0.3) is 0 Å². The number of hydrogen-bond acceptors (Lipinski definition) is 4. The number of rotatable bonds is 7. The van der Waals surface area contributed by atoms with Gasteiger partial charge in [-0.25, -0.2) is 9.59 Å². The normalized spacial score (nSPS) is 16.4. The molecule has 2 aromatic carbocycles. The summed E-state index contributed by atoms with van der Waals surface area (Å²) < 4.78 is 5.44. The fourth-order valence-corrected chi connectivity index (χ4v) is 4.97. The SMILES string of the molecule is CN(C(=O)C[C@H](NC(=O)OCC1c2ccccc2-c2ccccc21)C(=O)O)C1CCCCC1. The predicted molar refractivity (Wildman–Crippen MR) is 124 cm³/mol. The monoisotopic (exact) mass is 450 g/mol. The van der Waals surface area contributed by atoms with E-state index in [4.69, 9.17) is 4.74 Å². The van der Waals surface area contributed by atoms with Crippen LogP contribution in [-0.4, -0.2) is 53.7 Å². The van der Waals surface area contributed by atoms with Crippen LogP contribution < -0.4 is 5.32 Å². The molecule has 2 N–H and O–H groups in total. The summed E-state index contributed by atoms with van der Waals surface area (Å²) in [4.78, 5) is 38.5. The van der Waals surface area contributed by atoms with Crippen LogP contribution in [0.4, 0.5) is 4.79 Å². The minimum atomic E-state index is -1.33. The van der Waals surface area contributed by atoms with Gasteiger partial charge in [-0.3, -0.25) is 4.79 Å². The number of carboxylic acid groups (broad SMARTS) is 1. The summed E-state index contributed by atoms with van der Waals surface area (Å²) in [5.74, 6) is -1.66. The number of nitrogens with zero attached hydrogens (tertiary/aromatic N) is 1. The Morgan fingerprint density at radius 2 is 1.58 bits per heavy atom. The van der Waals surface area contributed by atoms with E-state index in [2.05, 4.69) is 5.32 Å². The molecule has 2 aromatic rings. The van der Waals surface area contributed by atoms with Gasteiger partial charge in [-0.2, -0.15) is 0 Å². The number of amides is 2. The molecule has 0 aromatic heterocycles. The number of carbonyl (C=O) groups excluding carboxylic acids is 2. The van der Waals surface area contributed by atoms with E-state index in [1.165, 1.54) is 6.42 Å². The standard InChI is InChI=1S/C26H30N2O5/c1-28(17-9-3-2-4-10-17)24(29)15-23(25(30)31)27-26(32)33-16-22-20-13-7-5-11-18(20)19-12-6-8-14-21(19)22/h5-8,11-14,17,22-23H,2-4,9-10,15-16H2,1H3,(H,27,32)(H,30,31)/t23-/m0/s1. The molecule has 0 heterocycles. The van der Waals surface area contributed by atoms with Gasteiger partial charge < -0.3 is 20.1 Å². The Morgan fingerprint density at radius 1 is 1.00 bits per heavy atom. The van der Waals surface area contributed by atoms with Gasteiger partial charge in [-0.05, 0) is 35.1 Å². The first-order chi connectivity index (χ1) is 16.0. The Hall–Kier alpha value is -3.35. The summed E-state index contributed by atoms with van der Waals surface area (Å²) in [6, 6.07) is 14.8. The first kappa shape index (κ1) is 22.8. The van der Waals surface area contributed by atoms with Gasteiger partial charge >= 0.3 is 12.1 Å². The van der Waals surface area contributed by atoms with Crippen molar-refractivity contribution in [2.75, 3.05) is 13.7 Å². The summed E-state index contributed by atoms with van der Waals surface area (Å²) in [7, 11) is 1.71. The van der Waals surface area contributed by atoms with E-state index >= 15 is 0 Å². The van der Waals surface area contributed by atoms with E-state index in [1.54, 1.807) is 11.9 Å². The number of carbonyl (C=O) groups is 3. The lowest BCUT2D eigenvalue weighted by Crippen LogP contribution is -2.46. The molecule has 2 amide bonds. The molecule has 174 valence electrons. The van der Waals surface area contributed by atoms with Gasteiger partial charge in [0.15, 0.2) is 0 Å². The van der Waals surface area contributed by atoms with Crippen molar-refractivity contribution in [3.05, 3.63) is 59.7 Å². The smallest absolute Gasteiger partial charge is 0.407 e. The van der Waals surface area contributed by atoms with Crippen LogP contribution in [0.1, 0.15) is 55.6 Å². The Balaban J connectivity index is 1.36. The van der Waals surface area contributed by atoms with Crippen molar-refractivity contribution in [2.24, 2.45) is 0 Å². The Morgan fingerprint density at radius 3 is 2.15 bits per heavy atom. The average Bonchev–Trinajstić information content (AvgIpc) is 3.16. The van der Waals surface area contributed by atoms with Gasteiger partial charge in [0.1, 0.15) is 12.6 Å². The zero-order chi connectivity index (χ0) is 23.4. The van der Waals surface area contributed by atoms with Crippen molar-refractivity contribution < 1.29 is 24.2 Å². The number of hydrogen-bond donors (Lipinski definition) is 2. The predicted octanol–water partition coefficient (Wildman–Crippen LogP) is 4.16. The molecule has 7 heteroatoms. The maximum Gasteiger partial charge on any atom is 0.407 e. The average molecular weight is 451 g/mol. The lowest BCUT2D eigenvalue weighted by atomic mass is 9.94. The minimum absolute atomic E-state index is 0.0854. The van der Waals surface area contributed by atoms with E-state index < -0.39 is 18.1 Å². The largest absolute Gasteiger partial charge is 0.480 e. The second-order valence-corrected chi connectivity index (χ2v) is 8.86. The molecule has 2 aliphatic carbocycles. The molecule has 2 aliphatic rings. The molecule has 1 atom stereocenters. The first-order valence-electron chi connectivity index (χ1n) is 11.6. The maximum atomic E-state index is 12.7. The van der Waals surface area contributed by atoms with Crippen molar-refractivity contribution in [3.8, 4) is 11.1 Å². The second kappa shape index (κ2) is 10.1. The van der Waals surface area contributed by atoms with Gasteiger partial charge in [-0.1, -0.05) is 67.8 Å². The third kappa shape index (κ3) is 5.02. The van der Waals surface area contributed by atoms with Crippen LogP contribution in [0, 0.1) is 0 Å². The topological polar surface area (TPSA) is 95.9 Å². The Labute approximate surface area is 193 Å². The molecule has 0 saturated heterocycles. The van der Waals surface area contributed by atoms with Gasteiger partial charge in [0.2, 0.25) is 5.91 Å². The summed E-state index contributed by atoms with van der Waals surface area (Å²) in [6.07, 6.45) is 4.04. The van der Waals surface area contributed by atoms with Crippen molar-refractivity contribution in [2.45, 2.75) is 56.5 Å². The second-order valence-electron chi connectivity index (χ2n) is 8.86. The maximum absolute atomic E-state index is 12.7. The molecular formula is C26H30N2O5. The number of benzene rings is 2. The molecular weight excluding hydrogens is 420 g/mol. The van der Waals surface area contributed by atoms with E-state index in [0.29, 0.717) is 0 Å². The van der Waals surface area contributed by atoms with Gasteiger partial charge in [0.05, 0.1) is 6.42 Å². The van der Waals surface area contributed by atoms with E-state index in [1.807, 2.05) is 48.5 Å². The Bertz CT molecular complexity index is 985. The number of ether oxygens (including phenoxy) is 1. The quantitative estimate of drug-likeness (QED) is 0.660. The van der Waals surface area contributed by atoms with Crippen LogP contribution >= 0.6 is 0 Å².